The third kappa shape index (κ3) is 4.67. The molecule has 180 valence electrons. The van der Waals surface area contributed by atoms with E-state index in [0.29, 0.717) is 22.7 Å². The van der Waals surface area contributed by atoms with E-state index in [4.69, 9.17) is 16.6 Å². The molecule has 35 heavy (non-hydrogen) atoms. The van der Waals surface area contributed by atoms with Gasteiger partial charge >= 0.3 is 0 Å². The Balaban J connectivity index is 1.54. The number of anilines is 1. The van der Waals surface area contributed by atoms with Gasteiger partial charge in [-0.15, -0.1) is 0 Å². The molecule has 0 aliphatic carbocycles. The number of nitrogens with one attached hydrogen (secondary N) is 2. The maximum Gasteiger partial charge on any atom is 0.263 e. The predicted octanol–water partition coefficient (Wildman–Crippen LogP) is 5.80. The highest BCUT2D eigenvalue weighted by Crippen LogP contribution is 2.30. The zero-order chi connectivity index (χ0) is 25.4. The Morgan fingerprint density at radius 1 is 0.971 bits per heavy atom. The number of carbonyl (C=O) groups is 1. The molecule has 11 heteroatoms. The fourth-order valence-corrected chi connectivity index (χ4v) is 3.76. The number of ether oxygens (including phenoxy) is 1. The molecule has 2 N–H and O–H groups in total. The van der Waals surface area contributed by atoms with E-state index in [1.165, 1.54) is 0 Å². The first-order valence-corrected chi connectivity index (χ1v) is 10.5. The molecule has 0 fully saturated rings. The molecular formula is C24H17F4N3O3S. The monoisotopic (exact) mass is 503 g/mol. The van der Waals surface area contributed by atoms with Gasteiger partial charge in [0.05, 0.1) is 7.11 Å². The van der Waals surface area contributed by atoms with Gasteiger partial charge in [0, 0.05) is 11.3 Å². The summed E-state index contributed by atoms with van der Waals surface area (Å²) in [7, 11) is 0.829. The number of fused-ring (bicyclic) bond motifs is 1. The van der Waals surface area contributed by atoms with Crippen molar-refractivity contribution in [3.05, 3.63) is 76.4 Å². The summed E-state index contributed by atoms with van der Waals surface area (Å²) in [5.41, 5.74) is 2.78. The molecule has 0 unspecified atom stereocenters. The van der Waals surface area contributed by atoms with Crippen molar-refractivity contribution in [2.24, 2.45) is 0 Å². The Hall–Kier alpha value is -3.99. The number of carbonyl (C=O) groups excluding carboxylic acids is 1. The second kappa shape index (κ2) is 9.34. The van der Waals surface area contributed by atoms with Crippen molar-refractivity contribution in [3.8, 4) is 17.2 Å². The average Bonchev–Trinajstić information content (AvgIpc) is 3.21. The number of oxazole rings is 1. The Morgan fingerprint density at radius 3 is 2.20 bits per heavy atom. The maximum atomic E-state index is 14.2. The van der Waals surface area contributed by atoms with Crippen molar-refractivity contribution in [3.63, 3.8) is 0 Å². The van der Waals surface area contributed by atoms with Crippen LogP contribution in [0.3, 0.4) is 0 Å². The quantitative estimate of drug-likeness (QED) is 0.208. The first-order valence-electron chi connectivity index (χ1n) is 10.1. The molecule has 1 amide bonds. The van der Waals surface area contributed by atoms with Crippen molar-refractivity contribution in [2.45, 2.75) is 13.8 Å². The second-order valence-electron chi connectivity index (χ2n) is 7.65. The molecule has 4 aromatic rings. The molecule has 0 radical (unpaired) electrons. The molecule has 3 aromatic carbocycles. The van der Waals surface area contributed by atoms with Crippen LogP contribution in [0.15, 0.2) is 40.8 Å². The molecule has 0 aliphatic rings. The minimum absolute atomic E-state index is 0.371. The Morgan fingerprint density at radius 2 is 1.60 bits per heavy atom. The zero-order valence-corrected chi connectivity index (χ0v) is 19.4. The van der Waals surface area contributed by atoms with Gasteiger partial charge in [-0.1, -0.05) is 17.2 Å². The lowest BCUT2D eigenvalue weighted by molar-refractivity contribution is 0.0966. The van der Waals surface area contributed by atoms with Gasteiger partial charge in [0.2, 0.25) is 17.5 Å². The summed E-state index contributed by atoms with van der Waals surface area (Å²) in [5, 5.41) is 4.27. The van der Waals surface area contributed by atoms with Crippen LogP contribution in [0.1, 0.15) is 21.5 Å². The van der Waals surface area contributed by atoms with Gasteiger partial charge in [-0.25, -0.2) is 13.8 Å². The molecule has 0 atom stereocenters. The summed E-state index contributed by atoms with van der Waals surface area (Å²) in [4.78, 5) is 16.8. The van der Waals surface area contributed by atoms with Gasteiger partial charge < -0.3 is 14.5 Å². The number of thiocarbonyl (C=S) groups is 1. The number of halogens is 4. The fraction of sp³-hybridized carbons (Fsp3) is 0.125. The molecule has 1 heterocycles. The van der Waals surface area contributed by atoms with E-state index in [1.54, 1.807) is 18.2 Å². The van der Waals surface area contributed by atoms with Crippen LogP contribution in [-0.2, 0) is 0 Å². The topological polar surface area (TPSA) is 76.4 Å². The van der Waals surface area contributed by atoms with Crippen LogP contribution in [0.2, 0.25) is 0 Å². The minimum atomic E-state index is -1.91. The van der Waals surface area contributed by atoms with E-state index in [1.807, 2.05) is 37.4 Å². The van der Waals surface area contributed by atoms with E-state index in [2.05, 4.69) is 15.0 Å². The summed E-state index contributed by atoms with van der Waals surface area (Å²) in [5.74, 6) is -9.86. The number of aromatic nitrogens is 1. The highest BCUT2D eigenvalue weighted by Gasteiger charge is 2.30. The fourth-order valence-electron chi connectivity index (χ4n) is 3.54. The van der Waals surface area contributed by atoms with Crippen molar-refractivity contribution in [1.29, 1.82) is 0 Å². The van der Waals surface area contributed by atoms with E-state index in [-0.39, 0.29) is 5.11 Å². The second-order valence-corrected chi connectivity index (χ2v) is 8.06. The summed E-state index contributed by atoms with van der Waals surface area (Å²) < 4.78 is 66.3. The van der Waals surface area contributed by atoms with Gasteiger partial charge in [0.25, 0.3) is 5.91 Å². The lowest BCUT2D eigenvalue weighted by Crippen LogP contribution is -2.35. The van der Waals surface area contributed by atoms with Crippen molar-refractivity contribution in [2.75, 3.05) is 12.4 Å². The SMILES string of the molecule is COc1c(F)c(F)c(C(=O)NC(=S)Nc2ccc3oc(-c4cc(C)cc(C)c4)nc3c2)c(F)c1F. The number of amides is 1. The van der Waals surface area contributed by atoms with Crippen molar-refractivity contribution in [1.82, 2.24) is 10.3 Å². The van der Waals surface area contributed by atoms with Gasteiger partial charge in [0.15, 0.2) is 28.1 Å². The third-order valence-electron chi connectivity index (χ3n) is 5.00. The van der Waals surface area contributed by atoms with E-state index in [9.17, 15) is 22.4 Å². The Bertz CT molecular complexity index is 1450. The van der Waals surface area contributed by atoms with Gasteiger partial charge in [-0.2, -0.15) is 8.78 Å². The number of aryl methyl sites for hydroxylation is 2. The van der Waals surface area contributed by atoms with Crippen molar-refractivity contribution < 1.29 is 31.5 Å². The van der Waals surface area contributed by atoms with Gasteiger partial charge in [-0.05, 0) is 56.4 Å². The highest BCUT2D eigenvalue weighted by molar-refractivity contribution is 7.80. The third-order valence-corrected chi connectivity index (χ3v) is 5.20. The normalized spacial score (nSPS) is 10.9. The zero-order valence-electron chi connectivity index (χ0n) is 18.6. The minimum Gasteiger partial charge on any atom is -0.491 e. The average molecular weight is 503 g/mol. The molecule has 0 saturated heterocycles. The van der Waals surface area contributed by atoms with Crippen LogP contribution in [0, 0.1) is 37.1 Å². The molecule has 0 saturated carbocycles. The largest absolute Gasteiger partial charge is 0.491 e. The van der Waals surface area contributed by atoms with Gasteiger partial charge in [-0.3, -0.25) is 10.1 Å². The molecule has 1 aromatic heterocycles. The van der Waals surface area contributed by atoms with Crippen LogP contribution in [0.25, 0.3) is 22.6 Å². The van der Waals surface area contributed by atoms with E-state index >= 15 is 0 Å². The number of benzene rings is 3. The molecule has 6 nitrogen and oxygen atoms in total. The van der Waals surface area contributed by atoms with E-state index in [0.717, 1.165) is 23.8 Å². The number of nitrogens with zero attached hydrogens (tertiary/aromatic N) is 1. The molecule has 4 rings (SSSR count). The summed E-state index contributed by atoms with van der Waals surface area (Å²) in [6.45, 7) is 3.92. The van der Waals surface area contributed by atoms with Crippen LogP contribution in [0.5, 0.6) is 5.75 Å². The number of rotatable bonds is 4. The van der Waals surface area contributed by atoms with Crippen LogP contribution >= 0.6 is 12.2 Å². The lowest BCUT2D eigenvalue weighted by Gasteiger charge is -2.12. The Labute approximate surface area is 201 Å². The predicted molar refractivity (Wildman–Crippen MR) is 125 cm³/mol. The molecule has 0 bridgehead atoms. The first-order chi connectivity index (χ1) is 16.6. The first kappa shape index (κ1) is 24.1. The van der Waals surface area contributed by atoms with Gasteiger partial charge in [0.1, 0.15) is 11.1 Å². The van der Waals surface area contributed by atoms with Crippen LogP contribution in [0.4, 0.5) is 23.2 Å². The maximum absolute atomic E-state index is 14.2. The van der Waals surface area contributed by atoms with Crippen molar-refractivity contribution >= 4 is 40.0 Å². The number of methoxy groups -OCH3 is 1. The highest BCUT2D eigenvalue weighted by atomic mass is 32.1. The Kier molecular flexibility index (Phi) is 6.44. The summed E-state index contributed by atoms with van der Waals surface area (Å²) in [6, 6.07) is 10.7. The number of hydrogen-bond acceptors (Lipinski definition) is 5. The molecular weight excluding hydrogens is 486 g/mol. The molecule has 0 aliphatic heterocycles. The lowest BCUT2D eigenvalue weighted by atomic mass is 10.1. The van der Waals surface area contributed by atoms with Crippen LogP contribution in [-0.4, -0.2) is 23.1 Å². The standard InChI is InChI=1S/C24H17F4N3O3S/c1-10-6-11(2)8-12(7-10)23-30-14-9-13(4-5-15(14)34-23)29-24(35)31-22(32)16-17(25)19(27)21(33-3)20(28)18(16)26/h4-9H,1-3H3,(H2,29,31,32,35). The summed E-state index contributed by atoms with van der Waals surface area (Å²) in [6.07, 6.45) is 0. The van der Waals surface area contributed by atoms with Crippen LogP contribution < -0.4 is 15.4 Å². The van der Waals surface area contributed by atoms with E-state index < -0.39 is 40.5 Å². The smallest absolute Gasteiger partial charge is 0.263 e. The number of hydrogen-bond donors (Lipinski definition) is 2. The summed E-state index contributed by atoms with van der Waals surface area (Å²) >= 11 is 5.00. The molecule has 0 spiro atoms.